The van der Waals surface area contributed by atoms with Gasteiger partial charge >= 0.3 is 0 Å². The SMILES string of the molecule is CC(C(=O)NC1CCCC1)N(Cc1ccc(Cl)cc1)C(=O)CN(c1ccccc1)S(=O)(=O)c1ccc(F)cc1. The van der Waals surface area contributed by atoms with Gasteiger partial charge in [0.25, 0.3) is 10.0 Å². The van der Waals surface area contributed by atoms with E-state index >= 15 is 0 Å². The van der Waals surface area contributed by atoms with Crippen molar-refractivity contribution in [2.45, 2.75) is 56.1 Å². The molecule has 1 N–H and O–H groups in total. The van der Waals surface area contributed by atoms with Gasteiger partial charge in [0.15, 0.2) is 0 Å². The number of benzene rings is 3. The first-order chi connectivity index (χ1) is 18.6. The third-order valence-corrected chi connectivity index (χ3v) is 8.90. The number of carbonyl (C=O) groups excluding carboxylic acids is 2. The highest BCUT2D eigenvalue weighted by atomic mass is 35.5. The predicted octanol–water partition coefficient (Wildman–Crippen LogP) is 5.15. The van der Waals surface area contributed by atoms with Crippen molar-refractivity contribution in [2.24, 2.45) is 0 Å². The molecular formula is C29H31ClFN3O4S. The highest BCUT2D eigenvalue weighted by Gasteiger charge is 2.33. The first-order valence-corrected chi connectivity index (χ1v) is 14.6. The van der Waals surface area contributed by atoms with Crippen LogP contribution in [-0.4, -0.2) is 43.8 Å². The quantitative estimate of drug-likeness (QED) is 0.365. The van der Waals surface area contributed by atoms with E-state index in [1.165, 1.54) is 4.90 Å². The zero-order chi connectivity index (χ0) is 28.0. The number of halogens is 2. The second kappa shape index (κ2) is 12.6. The Hall–Kier alpha value is -3.43. The van der Waals surface area contributed by atoms with Gasteiger partial charge in [0.1, 0.15) is 18.4 Å². The summed E-state index contributed by atoms with van der Waals surface area (Å²) in [5.74, 6) is -1.43. The Morgan fingerprint density at radius 2 is 1.59 bits per heavy atom. The fourth-order valence-electron chi connectivity index (χ4n) is 4.62. The molecule has 1 fully saturated rings. The van der Waals surface area contributed by atoms with E-state index in [9.17, 15) is 22.4 Å². The molecule has 0 aromatic heterocycles. The lowest BCUT2D eigenvalue weighted by Crippen LogP contribution is -2.52. The molecule has 206 valence electrons. The van der Waals surface area contributed by atoms with Crippen LogP contribution in [0.5, 0.6) is 0 Å². The van der Waals surface area contributed by atoms with Crippen molar-refractivity contribution in [1.82, 2.24) is 10.2 Å². The molecule has 1 unspecified atom stereocenters. The van der Waals surface area contributed by atoms with Crippen LogP contribution < -0.4 is 9.62 Å². The topological polar surface area (TPSA) is 86.8 Å². The summed E-state index contributed by atoms with van der Waals surface area (Å²) < 4.78 is 41.9. The van der Waals surface area contributed by atoms with E-state index < -0.39 is 34.3 Å². The summed E-state index contributed by atoms with van der Waals surface area (Å²) in [5, 5.41) is 3.57. The molecular weight excluding hydrogens is 541 g/mol. The van der Waals surface area contributed by atoms with E-state index in [0.29, 0.717) is 5.02 Å². The summed E-state index contributed by atoms with van der Waals surface area (Å²) in [5.41, 5.74) is 1.01. The summed E-state index contributed by atoms with van der Waals surface area (Å²) in [4.78, 5) is 28.3. The molecule has 1 aliphatic rings. The first kappa shape index (κ1) is 28.6. The first-order valence-electron chi connectivity index (χ1n) is 12.8. The Bertz CT molecular complexity index is 1380. The molecule has 0 bridgehead atoms. The second-order valence-electron chi connectivity index (χ2n) is 9.62. The number of hydrogen-bond acceptors (Lipinski definition) is 4. The Balaban J connectivity index is 1.66. The molecule has 0 spiro atoms. The van der Waals surface area contributed by atoms with E-state index in [-0.39, 0.29) is 29.1 Å². The molecule has 39 heavy (non-hydrogen) atoms. The molecule has 1 saturated carbocycles. The average molecular weight is 572 g/mol. The number of rotatable bonds is 10. The van der Waals surface area contributed by atoms with Crippen molar-refractivity contribution in [2.75, 3.05) is 10.8 Å². The lowest BCUT2D eigenvalue weighted by Gasteiger charge is -2.32. The van der Waals surface area contributed by atoms with Crippen LogP contribution >= 0.6 is 11.6 Å². The van der Waals surface area contributed by atoms with Crippen molar-refractivity contribution in [1.29, 1.82) is 0 Å². The molecule has 2 amide bonds. The Kier molecular flexibility index (Phi) is 9.24. The van der Waals surface area contributed by atoms with Gasteiger partial charge in [0.2, 0.25) is 11.8 Å². The van der Waals surface area contributed by atoms with Crippen molar-refractivity contribution >= 4 is 39.1 Å². The standard InChI is InChI=1S/C29H31ClFN3O4S/c1-21(29(36)32-25-7-5-6-8-25)33(19-22-11-13-23(30)14-12-22)28(35)20-34(26-9-3-2-4-10-26)39(37,38)27-17-15-24(31)16-18-27/h2-4,9-18,21,25H,5-8,19-20H2,1H3,(H,32,36). The largest absolute Gasteiger partial charge is 0.352 e. The van der Waals surface area contributed by atoms with Crippen LogP contribution in [0.15, 0.2) is 83.8 Å². The van der Waals surface area contributed by atoms with Crippen LogP contribution in [0, 0.1) is 5.82 Å². The van der Waals surface area contributed by atoms with Crippen molar-refractivity contribution < 1.29 is 22.4 Å². The Morgan fingerprint density at radius 1 is 0.974 bits per heavy atom. The van der Waals surface area contributed by atoms with Crippen molar-refractivity contribution in [3.8, 4) is 0 Å². The molecule has 4 rings (SSSR count). The van der Waals surface area contributed by atoms with E-state index in [2.05, 4.69) is 5.32 Å². The summed E-state index contributed by atoms with van der Waals surface area (Å²) in [6.45, 7) is 1.16. The maximum absolute atomic E-state index is 13.9. The van der Waals surface area contributed by atoms with E-state index in [0.717, 1.165) is 59.8 Å². The normalized spacial score (nSPS) is 14.5. The fourth-order valence-corrected chi connectivity index (χ4v) is 6.16. The lowest BCUT2D eigenvalue weighted by molar-refractivity contribution is -0.139. The fraction of sp³-hybridized carbons (Fsp3) is 0.310. The van der Waals surface area contributed by atoms with Gasteiger partial charge < -0.3 is 10.2 Å². The minimum absolute atomic E-state index is 0.0621. The number of hydrogen-bond donors (Lipinski definition) is 1. The van der Waals surface area contributed by atoms with Crippen LogP contribution in [0.4, 0.5) is 10.1 Å². The number of carbonyl (C=O) groups is 2. The maximum Gasteiger partial charge on any atom is 0.264 e. The molecule has 0 radical (unpaired) electrons. The van der Waals surface area contributed by atoms with Crippen molar-refractivity contribution in [3.05, 3.63) is 95.3 Å². The highest BCUT2D eigenvalue weighted by molar-refractivity contribution is 7.92. The molecule has 1 atom stereocenters. The molecule has 7 nitrogen and oxygen atoms in total. The van der Waals surface area contributed by atoms with Crippen LogP contribution in [0.2, 0.25) is 5.02 Å². The van der Waals surface area contributed by atoms with Gasteiger partial charge in [-0.3, -0.25) is 13.9 Å². The molecule has 0 heterocycles. The zero-order valence-corrected chi connectivity index (χ0v) is 23.2. The number of amides is 2. The third kappa shape index (κ3) is 7.16. The Morgan fingerprint density at radius 3 is 2.21 bits per heavy atom. The lowest BCUT2D eigenvalue weighted by atomic mass is 10.1. The minimum atomic E-state index is -4.24. The zero-order valence-electron chi connectivity index (χ0n) is 21.6. The number of para-hydroxylation sites is 1. The van der Waals surface area contributed by atoms with Crippen LogP contribution in [0.1, 0.15) is 38.2 Å². The monoisotopic (exact) mass is 571 g/mol. The summed E-state index contributed by atoms with van der Waals surface area (Å²) >= 11 is 6.03. The van der Waals surface area contributed by atoms with Gasteiger partial charge in [-0.05, 0) is 73.9 Å². The number of anilines is 1. The van der Waals surface area contributed by atoms with Crippen molar-refractivity contribution in [3.63, 3.8) is 0 Å². The van der Waals surface area contributed by atoms with Gasteiger partial charge in [-0.15, -0.1) is 0 Å². The highest BCUT2D eigenvalue weighted by Crippen LogP contribution is 2.25. The number of nitrogens with one attached hydrogen (secondary N) is 1. The number of sulfonamides is 1. The number of nitrogens with zero attached hydrogens (tertiary/aromatic N) is 2. The summed E-state index contributed by atoms with van der Waals surface area (Å²) in [6, 6.07) is 18.7. The summed E-state index contributed by atoms with van der Waals surface area (Å²) in [7, 11) is -4.24. The molecule has 3 aromatic carbocycles. The third-order valence-electron chi connectivity index (χ3n) is 6.86. The van der Waals surface area contributed by atoms with E-state index in [1.54, 1.807) is 61.5 Å². The second-order valence-corrected chi connectivity index (χ2v) is 11.9. The molecule has 10 heteroatoms. The molecule has 0 aliphatic heterocycles. The van der Waals surface area contributed by atoms with Crippen LogP contribution in [-0.2, 0) is 26.2 Å². The van der Waals surface area contributed by atoms with E-state index in [1.807, 2.05) is 0 Å². The Labute approximate surface area is 233 Å². The van der Waals surface area contributed by atoms with Gasteiger partial charge in [-0.25, -0.2) is 12.8 Å². The van der Waals surface area contributed by atoms with Crippen LogP contribution in [0.25, 0.3) is 0 Å². The minimum Gasteiger partial charge on any atom is -0.352 e. The van der Waals surface area contributed by atoms with Gasteiger partial charge in [-0.2, -0.15) is 0 Å². The predicted molar refractivity (Wildman–Crippen MR) is 149 cm³/mol. The summed E-state index contributed by atoms with van der Waals surface area (Å²) in [6.07, 6.45) is 3.86. The van der Waals surface area contributed by atoms with Crippen LogP contribution in [0.3, 0.4) is 0 Å². The van der Waals surface area contributed by atoms with Gasteiger partial charge in [-0.1, -0.05) is 54.8 Å². The molecule has 3 aromatic rings. The van der Waals surface area contributed by atoms with Gasteiger partial charge in [0.05, 0.1) is 10.6 Å². The molecule has 1 aliphatic carbocycles. The van der Waals surface area contributed by atoms with E-state index in [4.69, 9.17) is 11.6 Å². The molecule has 0 saturated heterocycles. The average Bonchev–Trinajstić information content (AvgIpc) is 3.44. The van der Waals surface area contributed by atoms with Gasteiger partial charge in [0, 0.05) is 17.6 Å². The maximum atomic E-state index is 13.9. The smallest absolute Gasteiger partial charge is 0.264 e.